The highest BCUT2D eigenvalue weighted by Crippen LogP contribution is 2.45. The van der Waals surface area contributed by atoms with Crippen LogP contribution in [0, 0.1) is 11.8 Å². The van der Waals surface area contributed by atoms with Crippen LogP contribution in [0.2, 0.25) is 0 Å². The quantitative estimate of drug-likeness (QED) is 0.0222. The molecule has 84 heavy (non-hydrogen) atoms. The van der Waals surface area contributed by atoms with Crippen LogP contribution in [0.4, 0.5) is 0 Å². The summed E-state index contributed by atoms with van der Waals surface area (Å²) in [5, 5.41) is 10.5. The third-order valence-corrected chi connectivity index (χ3v) is 16.9. The number of phosphoric ester groups is 2. The number of hydrogen-bond acceptors (Lipinski definition) is 15. The number of aliphatic hydroxyl groups excluding tert-OH is 1. The van der Waals surface area contributed by atoms with E-state index in [2.05, 4.69) is 41.5 Å². The molecule has 0 saturated carbocycles. The molecule has 2 unspecified atom stereocenters. The Labute approximate surface area is 511 Å². The van der Waals surface area contributed by atoms with E-state index >= 15 is 0 Å². The molecular weight excluding hydrogens is 1110 g/mol. The Morgan fingerprint density at radius 3 is 0.810 bits per heavy atom. The molecule has 0 amide bonds. The molecule has 0 radical (unpaired) electrons. The molecule has 0 rings (SSSR count). The van der Waals surface area contributed by atoms with Gasteiger partial charge in [-0.05, 0) is 37.5 Å². The number of carbonyl (C=O) groups is 4. The van der Waals surface area contributed by atoms with E-state index in [0.29, 0.717) is 25.7 Å². The van der Waals surface area contributed by atoms with Gasteiger partial charge in [0.15, 0.2) is 12.2 Å². The normalized spacial score (nSPS) is 14.3. The first-order valence-corrected chi connectivity index (χ1v) is 37.0. The van der Waals surface area contributed by atoms with E-state index < -0.39 is 97.5 Å². The molecule has 0 spiro atoms. The molecule has 0 aromatic heterocycles. The molecule has 0 fully saturated rings. The SMILES string of the molecule is CCCCCCCCCCCCC(=O)OC[C@H](COP(=O)(O)OC[C@H](O)COP(=O)(O)OC[C@@H](COC(=O)CCCCCCCCCCCC(C)C)OC(=O)CCCCCCCCCCCC(C)C)OC(=O)CCCCCCCCCCCC. The Hall–Kier alpha value is -1.94. The van der Waals surface area contributed by atoms with Crippen molar-refractivity contribution in [1.82, 2.24) is 0 Å². The highest BCUT2D eigenvalue weighted by molar-refractivity contribution is 7.47. The van der Waals surface area contributed by atoms with E-state index in [1.54, 1.807) is 0 Å². The van der Waals surface area contributed by atoms with E-state index in [-0.39, 0.29) is 25.7 Å². The predicted octanol–water partition coefficient (Wildman–Crippen LogP) is 18.0. The zero-order valence-corrected chi connectivity index (χ0v) is 56.0. The first-order valence-electron chi connectivity index (χ1n) is 34.0. The van der Waals surface area contributed by atoms with Gasteiger partial charge in [-0.3, -0.25) is 37.3 Å². The summed E-state index contributed by atoms with van der Waals surface area (Å²) in [6.07, 6.45) is 40.2. The van der Waals surface area contributed by atoms with Crippen LogP contribution in [0.25, 0.3) is 0 Å². The summed E-state index contributed by atoms with van der Waals surface area (Å²) in [6, 6.07) is 0. The summed E-state index contributed by atoms with van der Waals surface area (Å²) in [6.45, 7) is 9.45. The molecule has 0 bridgehead atoms. The number of rotatable bonds is 64. The summed E-state index contributed by atoms with van der Waals surface area (Å²) < 4.78 is 68.0. The summed E-state index contributed by atoms with van der Waals surface area (Å²) >= 11 is 0. The van der Waals surface area contributed by atoms with Crippen LogP contribution in [0.5, 0.6) is 0 Å². The molecule has 0 aliphatic heterocycles. The number of unbranched alkanes of at least 4 members (excludes halogenated alkanes) is 34. The highest BCUT2D eigenvalue weighted by atomic mass is 31.2. The average Bonchev–Trinajstić information content (AvgIpc) is 3.50. The van der Waals surface area contributed by atoms with E-state index in [0.717, 1.165) is 102 Å². The van der Waals surface area contributed by atoms with Crippen molar-refractivity contribution < 1.29 is 80.2 Å². The standard InChI is InChI=1S/C65H126O17P2/c1-7-9-11-13-15-17-23-29-35-41-47-62(67)75-53-60(81-64(69)49-43-37-31-24-18-16-14-12-10-8-2)55-79-83(71,72)77-51-59(66)52-78-84(73,74)80-56-61(82-65(70)50-44-38-32-26-20-22-28-34-40-46-58(5)6)54-76-63(68)48-42-36-30-25-19-21-27-33-39-45-57(3)4/h57-61,66H,7-56H2,1-6H3,(H,71,72)(H,73,74)/t59-,60+,61+/m0/s1. The predicted molar refractivity (Wildman–Crippen MR) is 335 cm³/mol. The molecule has 5 atom stereocenters. The van der Waals surface area contributed by atoms with Crippen LogP contribution in [0.1, 0.15) is 324 Å². The van der Waals surface area contributed by atoms with Crippen LogP contribution < -0.4 is 0 Å². The number of esters is 4. The Bertz CT molecular complexity index is 1650. The van der Waals surface area contributed by atoms with Crippen LogP contribution in [-0.4, -0.2) is 96.7 Å². The summed E-state index contributed by atoms with van der Waals surface area (Å²) in [4.78, 5) is 72.2. The molecule has 0 aliphatic rings. The fourth-order valence-corrected chi connectivity index (χ4v) is 11.3. The molecule has 17 nitrogen and oxygen atoms in total. The minimum Gasteiger partial charge on any atom is -0.462 e. The second-order valence-electron chi connectivity index (χ2n) is 24.5. The average molecular weight is 1240 g/mol. The van der Waals surface area contributed by atoms with Gasteiger partial charge in [-0.1, -0.05) is 273 Å². The van der Waals surface area contributed by atoms with Crippen LogP contribution >= 0.6 is 15.6 Å². The molecule has 0 heterocycles. The maximum Gasteiger partial charge on any atom is 0.472 e. The molecule has 0 aromatic rings. The highest BCUT2D eigenvalue weighted by Gasteiger charge is 2.30. The Morgan fingerprint density at radius 2 is 0.548 bits per heavy atom. The lowest BCUT2D eigenvalue weighted by atomic mass is 10.0. The second-order valence-corrected chi connectivity index (χ2v) is 27.4. The van der Waals surface area contributed by atoms with Crippen LogP contribution in [0.15, 0.2) is 0 Å². The monoisotopic (exact) mass is 1240 g/mol. The van der Waals surface area contributed by atoms with E-state index in [4.69, 9.17) is 37.0 Å². The van der Waals surface area contributed by atoms with Gasteiger partial charge in [0, 0.05) is 25.7 Å². The minimum absolute atomic E-state index is 0.105. The van der Waals surface area contributed by atoms with Gasteiger partial charge >= 0.3 is 39.5 Å². The molecule has 3 N–H and O–H groups in total. The number of carbonyl (C=O) groups excluding carboxylic acids is 4. The van der Waals surface area contributed by atoms with E-state index in [9.17, 15) is 43.2 Å². The van der Waals surface area contributed by atoms with Crippen molar-refractivity contribution in [2.75, 3.05) is 39.6 Å². The summed E-state index contributed by atoms with van der Waals surface area (Å²) in [5.41, 5.74) is 0. The number of ether oxygens (including phenoxy) is 4. The lowest BCUT2D eigenvalue weighted by Crippen LogP contribution is -2.30. The molecule has 0 aliphatic carbocycles. The largest absolute Gasteiger partial charge is 0.472 e. The maximum absolute atomic E-state index is 13.0. The first-order chi connectivity index (χ1) is 40.4. The third kappa shape index (κ3) is 59.0. The lowest BCUT2D eigenvalue weighted by Gasteiger charge is -2.21. The van der Waals surface area contributed by atoms with Crippen molar-refractivity contribution >= 4 is 39.5 Å². The topological polar surface area (TPSA) is 237 Å². The molecule has 19 heteroatoms. The fourth-order valence-electron chi connectivity index (χ4n) is 9.71. The smallest absolute Gasteiger partial charge is 0.462 e. The Morgan fingerprint density at radius 1 is 0.321 bits per heavy atom. The van der Waals surface area contributed by atoms with Crippen molar-refractivity contribution in [2.24, 2.45) is 11.8 Å². The fraction of sp³-hybridized carbons (Fsp3) is 0.938. The second kappa shape index (κ2) is 57.5. The van der Waals surface area contributed by atoms with Crippen LogP contribution in [0.3, 0.4) is 0 Å². The summed E-state index contributed by atoms with van der Waals surface area (Å²) in [7, 11) is -9.89. The zero-order valence-electron chi connectivity index (χ0n) is 54.2. The van der Waals surface area contributed by atoms with Crippen molar-refractivity contribution in [3.8, 4) is 0 Å². The van der Waals surface area contributed by atoms with Gasteiger partial charge in [0.2, 0.25) is 0 Å². The number of aliphatic hydroxyl groups is 1. The molecular formula is C65H126O17P2. The zero-order chi connectivity index (χ0) is 62.2. The van der Waals surface area contributed by atoms with Gasteiger partial charge in [0.25, 0.3) is 0 Å². The molecule has 498 valence electrons. The Kier molecular flexibility index (Phi) is 56.2. The van der Waals surface area contributed by atoms with Crippen LogP contribution in [-0.2, 0) is 65.4 Å². The molecule has 0 aromatic carbocycles. The van der Waals surface area contributed by atoms with Gasteiger partial charge in [0.1, 0.15) is 19.3 Å². The lowest BCUT2D eigenvalue weighted by molar-refractivity contribution is -0.161. The maximum atomic E-state index is 13.0. The summed E-state index contributed by atoms with van der Waals surface area (Å²) in [5.74, 6) is -0.652. The van der Waals surface area contributed by atoms with Gasteiger partial charge in [-0.2, -0.15) is 0 Å². The van der Waals surface area contributed by atoms with E-state index in [1.807, 2.05) is 0 Å². The van der Waals surface area contributed by atoms with Crippen molar-refractivity contribution in [3.63, 3.8) is 0 Å². The first kappa shape index (κ1) is 82.1. The third-order valence-electron chi connectivity index (χ3n) is 15.0. The molecule has 0 saturated heterocycles. The van der Waals surface area contributed by atoms with Crippen molar-refractivity contribution in [1.29, 1.82) is 0 Å². The van der Waals surface area contributed by atoms with E-state index in [1.165, 1.54) is 141 Å². The van der Waals surface area contributed by atoms with Gasteiger partial charge in [-0.25, -0.2) is 9.13 Å². The number of hydrogen-bond donors (Lipinski definition) is 3. The Balaban J connectivity index is 5.24. The van der Waals surface area contributed by atoms with Gasteiger partial charge in [-0.15, -0.1) is 0 Å². The van der Waals surface area contributed by atoms with Crippen molar-refractivity contribution in [2.45, 2.75) is 342 Å². The van der Waals surface area contributed by atoms with Crippen molar-refractivity contribution in [3.05, 3.63) is 0 Å². The minimum atomic E-state index is -4.95. The number of phosphoric acid groups is 2. The van der Waals surface area contributed by atoms with Gasteiger partial charge < -0.3 is 33.8 Å². The van der Waals surface area contributed by atoms with Gasteiger partial charge in [0.05, 0.1) is 26.4 Å².